The number of nitrogens with one attached hydrogen (secondary N) is 1. The SMILES string of the molecule is CSC(C)(C)CNc1cc(Cl)ccc1C(=O)O. The lowest BCUT2D eigenvalue weighted by Crippen LogP contribution is -2.26. The smallest absolute Gasteiger partial charge is 0.337 e. The van der Waals surface area contributed by atoms with Crippen molar-refractivity contribution in [1.82, 2.24) is 0 Å². The van der Waals surface area contributed by atoms with Crippen LogP contribution < -0.4 is 5.32 Å². The van der Waals surface area contributed by atoms with Gasteiger partial charge in [-0.1, -0.05) is 11.6 Å². The van der Waals surface area contributed by atoms with Crippen molar-refractivity contribution >= 4 is 35.0 Å². The van der Waals surface area contributed by atoms with Crippen LogP contribution in [0.1, 0.15) is 24.2 Å². The number of carboxylic acids is 1. The first-order valence-corrected chi connectivity index (χ1v) is 6.78. The molecule has 1 rings (SSSR count). The number of benzene rings is 1. The van der Waals surface area contributed by atoms with E-state index in [4.69, 9.17) is 16.7 Å². The number of anilines is 1. The first-order valence-electron chi connectivity index (χ1n) is 5.17. The summed E-state index contributed by atoms with van der Waals surface area (Å²) in [7, 11) is 0. The van der Waals surface area contributed by atoms with Crippen molar-refractivity contribution in [2.45, 2.75) is 18.6 Å². The molecular weight excluding hydrogens is 258 g/mol. The molecule has 17 heavy (non-hydrogen) atoms. The van der Waals surface area contributed by atoms with E-state index in [1.54, 1.807) is 23.9 Å². The number of thioether (sulfide) groups is 1. The predicted molar refractivity (Wildman–Crippen MR) is 74.5 cm³/mol. The fraction of sp³-hybridized carbons (Fsp3) is 0.417. The topological polar surface area (TPSA) is 49.3 Å². The van der Waals surface area contributed by atoms with Gasteiger partial charge in [-0.25, -0.2) is 4.79 Å². The Balaban J connectivity index is 2.89. The van der Waals surface area contributed by atoms with Gasteiger partial charge in [-0.3, -0.25) is 0 Å². The van der Waals surface area contributed by atoms with E-state index in [1.165, 1.54) is 6.07 Å². The van der Waals surface area contributed by atoms with Crippen LogP contribution in [0.25, 0.3) is 0 Å². The molecule has 0 saturated heterocycles. The molecule has 3 nitrogen and oxygen atoms in total. The zero-order valence-electron chi connectivity index (χ0n) is 10.1. The van der Waals surface area contributed by atoms with Gasteiger partial charge in [-0.2, -0.15) is 11.8 Å². The fourth-order valence-electron chi connectivity index (χ4n) is 1.23. The summed E-state index contributed by atoms with van der Waals surface area (Å²) in [5.41, 5.74) is 0.804. The van der Waals surface area contributed by atoms with Crippen LogP contribution in [0.15, 0.2) is 18.2 Å². The van der Waals surface area contributed by atoms with Crippen molar-refractivity contribution in [2.75, 3.05) is 18.1 Å². The molecule has 5 heteroatoms. The lowest BCUT2D eigenvalue weighted by molar-refractivity contribution is 0.0698. The average molecular weight is 274 g/mol. The van der Waals surface area contributed by atoms with Crippen molar-refractivity contribution < 1.29 is 9.90 Å². The minimum atomic E-state index is -0.953. The zero-order valence-corrected chi connectivity index (χ0v) is 11.7. The molecule has 0 fully saturated rings. The van der Waals surface area contributed by atoms with Crippen LogP contribution in [0, 0.1) is 0 Å². The number of hydrogen-bond donors (Lipinski definition) is 2. The summed E-state index contributed by atoms with van der Waals surface area (Å²) in [6.07, 6.45) is 2.03. The second-order valence-electron chi connectivity index (χ2n) is 4.31. The molecule has 0 radical (unpaired) electrons. The maximum Gasteiger partial charge on any atom is 0.337 e. The zero-order chi connectivity index (χ0) is 13.1. The molecule has 0 aromatic heterocycles. The van der Waals surface area contributed by atoms with Crippen LogP contribution in [-0.2, 0) is 0 Å². The number of hydrogen-bond acceptors (Lipinski definition) is 3. The molecular formula is C12H16ClNO2S. The summed E-state index contributed by atoms with van der Waals surface area (Å²) in [5, 5.41) is 12.7. The second kappa shape index (κ2) is 5.65. The molecule has 0 amide bonds. The van der Waals surface area contributed by atoms with Crippen molar-refractivity contribution in [3.8, 4) is 0 Å². The highest BCUT2D eigenvalue weighted by atomic mass is 35.5. The van der Waals surface area contributed by atoms with Gasteiger partial charge in [0.1, 0.15) is 0 Å². The van der Waals surface area contributed by atoms with E-state index < -0.39 is 5.97 Å². The minimum absolute atomic E-state index is 0.0398. The molecule has 1 aromatic carbocycles. The van der Waals surface area contributed by atoms with E-state index >= 15 is 0 Å². The number of aromatic carboxylic acids is 1. The molecule has 0 saturated carbocycles. The van der Waals surface area contributed by atoms with Gasteiger partial charge in [0.25, 0.3) is 0 Å². The number of carboxylic acid groups (broad SMARTS) is 1. The molecule has 2 N–H and O–H groups in total. The fourth-order valence-corrected chi connectivity index (χ4v) is 1.62. The van der Waals surface area contributed by atoms with Crippen molar-refractivity contribution in [3.05, 3.63) is 28.8 Å². The highest BCUT2D eigenvalue weighted by molar-refractivity contribution is 7.99. The van der Waals surface area contributed by atoms with E-state index in [1.807, 2.05) is 6.26 Å². The monoisotopic (exact) mass is 273 g/mol. The minimum Gasteiger partial charge on any atom is -0.478 e. The van der Waals surface area contributed by atoms with Crippen molar-refractivity contribution in [2.24, 2.45) is 0 Å². The van der Waals surface area contributed by atoms with Crippen LogP contribution >= 0.6 is 23.4 Å². The summed E-state index contributed by atoms with van der Waals surface area (Å²) >= 11 is 7.59. The standard InChI is InChI=1S/C12H16ClNO2S/c1-12(2,17-3)7-14-10-6-8(13)4-5-9(10)11(15)16/h4-6,14H,7H2,1-3H3,(H,15,16). The highest BCUT2D eigenvalue weighted by Crippen LogP contribution is 2.25. The summed E-state index contributed by atoms with van der Waals surface area (Å²) in [6.45, 7) is 4.86. The Bertz CT molecular complexity index is 421. The number of halogens is 1. The van der Waals surface area contributed by atoms with Crippen LogP contribution in [0.2, 0.25) is 5.02 Å². The summed E-state index contributed by atoms with van der Waals surface area (Å²) < 4.78 is 0.0398. The third-order valence-corrected chi connectivity index (χ3v) is 3.95. The van der Waals surface area contributed by atoms with Gasteiger partial charge in [-0.15, -0.1) is 0 Å². The third-order valence-electron chi connectivity index (χ3n) is 2.47. The molecule has 0 bridgehead atoms. The number of carbonyl (C=O) groups is 1. The van der Waals surface area contributed by atoms with Crippen LogP contribution in [0.5, 0.6) is 0 Å². The summed E-state index contributed by atoms with van der Waals surface area (Å²) in [5.74, 6) is -0.953. The normalized spacial score (nSPS) is 11.3. The quantitative estimate of drug-likeness (QED) is 0.861. The molecule has 0 spiro atoms. The van der Waals surface area contributed by atoms with Crippen LogP contribution in [0.3, 0.4) is 0 Å². The van der Waals surface area contributed by atoms with Gasteiger partial charge in [-0.05, 0) is 38.3 Å². The van der Waals surface area contributed by atoms with Crippen LogP contribution in [-0.4, -0.2) is 28.6 Å². The Labute approximate surface area is 111 Å². The Morgan fingerprint density at radius 3 is 2.71 bits per heavy atom. The van der Waals surface area contributed by atoms with E-state index in [2.05, 4.69) is 19.2 Å². The molecule has 0 atom stereocenters. The molecule has 0 aliphatic heterocycles. The van der Waals surface area contributed by atoms with E-state index in [9.17, 15) is 4.79 Å². The summed E-state index contributed by atoms with van der Waals surface area (Å²) in [6, 6.07) is 4.73. The molecule has 0 heterocycles. The van der Waals surface area contributed by atoms with Gasteiger partial charge >= 0.3 is 5.97 Å². The van der Waals surface area contributed by atoms with Gasteiger partial charge in [0, 0.05) is 16.3 Å². The van der Waals surface area contributed by atoms with E-state index in [-0.39, 0.29) is 10.3 Å². The average Bonchev–Trinajstić information content (AvgIpc) is 2.26. The van der Waals surface area contributed by atoms with Gasteiger partial charge in [0.2, 0.25) is 0 Å². The molecule has 1 aromatic rings. The van der Waals surface area contributed by atoms with Gasteiger partial charge in [0.15, 0.2) is 0 Å². The second-order valence-corrected chi connectivity index (χ2v) is 6.26. The van der Waals surface area contributed by atoms with Crippen molar-refractivity contribution in [3.63, 3.8) is 0 Å². The molecule has 0 aliphatic carbocycles. The Morgan fingerprint density at radius 2 is 2.18 bits per heavy atom. The van der Waals surface area contributed by atoms with Gasteiger partial charge in [0.05, 0.1) is 11.3 Å². The predicted octanol–water partition coefficient (Wildman–Crippen LogP) is 3.59. The van der Waals surface area contributed by atoms with E-state index in [0.717, 1.165) is 0 Å². The largest absolute Gasteiger partial charge is 0.478 e. The maximum atomic E-state index is 11.0. The Kier molecular flexibility index (Phi) is 4.71. The molecule has 0 unspecified atom stereocenters. The summed E-state index contributed by atoms with van der Waals surface area (Å²) in [4.78, 5) is 11.0. The maximum absolute atomic E-state index is 11.0. The molecule has 94 valence electrons. The lowest BCUT2D eigenvalue weighted by atomic mass is 10.1. The Hall–Kier alpha value is -0.870. The van der Waals surface area contributed by atoms with Crippen LogP contribution in [0.4, 0.5) is 5.69 Å². The first-order chi connectivity index (χ1) is 7.85. The first kappa shape index (κ1) is 14.2. The highest BCUT2D eigenvalue weighted by Gasteiger charge is 2.17. The molecule has 0 aliphatic rings. The van der Waals surface area contributed by atoms with Gasteiger partial charge < -0.3 is 10.4 Å². The van der Waals surface area contributed by atoms with E-state index in [0.29, 0.717) is 17.3 Å². The Morgan fingerprint density at radius 1 is 1.53 bits per heavy atom. The number of rotatable bonds is 5. The third kappa shape index (κ3) is 4.13. The van der Waals surface area contributed by atoms with Crippen molar-refractivity contribution in [1.29, 1.82) is 0 Å². The lowest BCUT2D eigenvalue weighted by Gasteiger charge is -2.23.